The van der Waals surface area contributed by atoms with Gasteiger partial charge < -0.3 is 39.9 Å². The molecule has 2 saturated heterocycles. The Kier molecular flexibility index (Phi) is 10.4. The molecule has 14 nitrogen and oxygen atoms in total. The predicted octanol–water partition coefficient (Wildman–Crippen LogP) is 7.31. The number of imidazole rings is 2. The Hall–Kier alpha value is -5.44. The average Bonchev–Trinajstić information content (AvgIpc) is 4.06. The number of ether oxygens (including phenoxy) is 2. The molecule has 0 unspecified atom stereocenters. The first-order valence-corrected chi connectivity index (χ1v) is 20.7. The molecule has 2 aromatic carbocycles. The van der Waals surface area contributed by atoms with Crippen LogP contribution in [-0.4, -0.2) is 92.6 Å². The van der Waals surface area contributed by atoms with E-state index in [1.165, 1.54) is 18.9 Å². The number of benzene rings is 2. The van der Waals surface area contributed by atoms with Gasteiger partial charge in [0, 0.05) is 22.8 Å². The van der Waals surface area contributed by atoms with Gasteiger partial charge >= 0.3 is 12.2 Å². The molecule has 5 aromatic rings. The van der Waals surface area contributed by atoms with E-state index in [2.05, 4.69) is 57.0 Å². The Morgan fingerprint density at radius 2 is 1.47 bits per heavy atom. The van der Waals surface area contributed by atoms with Crippen molar-refractivity contribution >= 4 is 56.2 Å². The van der Waals surface area contributed by atoms with Crippen LogP contribution in [-0.2, 0) is 19.1 Å². The summed E-state index contributed by atoms with van der Waals surface area (Å²) in [5, 5.41) is 8.84. The van der Waals surface area contributed by atoms with Gasteiger partial charge in [0.05, 0.1) is 55.0 Å². The minimum Gasteiger partial charge on any atom is -0.453 e. The molecular formula is C42H50N8O6S. The van der Waals surface area contributed by atoms with E-state index in [0.29, 0.717) is 12.5 Å². The number of rotatable bonds is 10. The number of amides is 4. The van der Waals surface area contributed by atoms with Crippen molar-refractivity contribution in [3.63, 3.8) is 0 Å². The van der Waals surface area contributed by atoms with Crippen molar-refractivity contribution in [2.45, 2.75) is 90.0 Å². The number of nitrogens with zero attached hydrogens (tertiary/aromatic N) is 4. The summed E-state index contributed by atoms with van der Waals surface area (Å²) in [6.45, 7) is 8.26. The van der Waals surface area contributed by atoms with Crippen LogP contribution in [0, 0.1) is 17.8 Å². The Bertz CT molecular complexity index is 2330. The summed E-state index contributed by atoms with van der Waals surface area (Å²) in [7, 11) is 2.60. The van der Waals surface area contributed by atoms with Crippen molar-refractivity contribution in [1.29, 1.82) is 0 Å². The number of H-pyrrole nitrogens is 2. The first kappa shape index (κ1) is 38.4. The molecule has 5 heterocycles. The highest BCUT2D eigenvalue weighted by atomic mass is 32.1. The molecule has 0 radical (unpaired) electrons. The third-order valence-corrected chi connectivity index (χ3v) is 13.2. The Labute approximate surface area is 335 Å². The topological polar surface area (TPSA) is 175 Å². The van der Waals surface area contributed by atoms with Crippen LogP contribution < -0.4 is 10.6 Å². The zero-order chi connectivity index (χ0) is 40.1. The highest BCUT2D eigenvalue weighted by Gasteiger charge is 2.51. The summed E-state index contributed by atoms with van der Waals surface area (Å²) in [6, 6.07) is 11.2. The first-order valence-electron chi connectivity index (χ1n) is 19.8. The number of nitrogens with one attached hydrogen (secondary N) is 4. The normalized spacial score (nSPS) is 21.5. The lowest BCUT2D eigenvalue weighted by molar-refractivity contribution is -0.139. The molecule has 3 fully saturated rings. The molecule has 8 rings (SSSR count). The molecule has 3 aromatic heterocycles. The fourth-order valence-corrected chi connectivity index (χ4v) is 10.3. The van der Waals surface area contributed by atoms with Crippen molar-refractivity contribution in [2.75, 3.05) is 20.8 Å². The van der Waals surface area contributed by atoms with Gasteiger partial charge in [0.15, 0.2) is 0 Å². The molecule has 15 heteroatoms. The van der Waals surface area contributed by atoms with Gasteiger partial charge in [-0.2, -0.15) is 0 Å². The standard InChI is InChI=1S/C42H50N8O6S/c1-21(2)33(47-41(53)55-5)39(51)49-15-7-8-31(49)37-43-19-29(45-37)24-12-14-28-23(16-24)9-10-26-18-32(57-36(26)28)30-20-44-38(46-30)35-25-11-13-27(17-25)50(35)40(52)34(22(3)4)48-42(54)56-6/h9-10,12,14,16,18-22,25,27,31,33-35H,7-8,11,13,15,17H2,1-6H3,(H,43,45)(H,44,46)(H,47,53)(H,48,54)/t25-,27+,31-,33-,34-,35-/m0/s1. The fraction of sp³-hybridized carbons (Fsp3) is 0.476. The lowest BCUT2D eigenvalue weighted by Crippen LogP contribution is -2.54. The minimum absolute atomic E-state index is 0.0926. The lowest BCUT2D eigenvalue weighted by atomic mass is 9.95. The van der Waals surface area contributed by atoms with Crippen molar-refractivity contribution in [2.24, 2.45) is 17.8 Å². The number of alkyl carbamates (subject to hydrolysis) is 2. The molecule has 2 aliphatic heterocycles. The summed E-state index contributed by atoms with van der Waals surface area (Å²) < 4.78 is 10.8. The molecule has 4 N–H and O–H groups in total. The third-order valence-electron chi connectivity index (χ3n) is 12.0. The van der Waals surface area contributed by atoms with E-state index >= 15 is 0 Å². The van der Waals surface area contributed by atoms with E-state index in [4.69, 9.17) is 19.4 Å². The van der Waals surface area contributed by atoms with Crippen LogP contribution >= 0.6 is 11.3 Å². The average molecular weight is 795 g/mol. The zero-order valence-electron chi connectivity index (χ0n) is 33.1. The largest absolute Gasteiger partial charge is 0.453 e. The number of piperidine rings is 1. The van der Waals surface area contributed by atoms with Crippen molar-refractivity contribution in [3.8, 4) is 21.8 Å². The van der Waals surface area contributed by atoms with E-state index in [9.17, 15) is 19.2 Å². The Balaban J connectivity index is 1.02. The smallest absolute Gasteiger partial charge is 0.407 e. The van der Waals surface area contributed by atoms with Crippen LogP contribution in [0.5, 0.6) is 0 Å². The van der Waals surface area contributed by atoms with Gasteiger partial charge in [-0.3, -0.25) is 9.59 Å². The highest BCUT2D eigenvalue weighted by Crippen LogP contribution is 2.50. The zero-order valence-corrected chi connectivity index (χ0v) is 33.9. The van der Waals surface area contributed by atoms with E-state index in [0.717, 1.165) is 81.7 Å². The van der Waals surface area contributed by atoms with Crippen LogP contribution in [0.25, 0.3) is 42.7 Å². The van der Waals surface area contributed by atoms with E-state index < -0.39 is 24.3 Å². The van der Waals surface area contributed by atoms with Crippen molar-refractivity contribution in [1.82, 2.24) is 40.4 Å². The molecule has 300 valence electrons. The van der Waals surface area contributed by atoms with Gasteiger partial charge in [-0.1, -0.05) is 52.0 Å². The van der Waals surface area contributed by atoms with E-state index in [1.54, 1.807) is 11.3 Å². The van der Waals surface area contributed by atoms with Crippen molar-refractivity contribution < 1.29 is 28.7 Å². The molecular weight excluding hydrogens is 745 g/mol. The van der Waals surface area contributed by atoms with Gasteiger partial charge in [0.2, 0.25) is 11.8 Å². The number of carbonyl (C=O) groups is 4. The quantitative estimate of drug-likeness (QED) is 0.114. The molecule has 1 saturated carbocycles. The maximum Gasteiger partial charge on any atom is 0.407 e. The molecule has 1 aliphatic carbocycles. The number of aromatic amines is 2. The third kappa shape index (κ3) is 7.10. The summed E-state index contributed by atoms with van der Waals surface area (Å²) in [5.74, 6) is 1.37. The summed E-state index contributed by atoms with van der Waals surface area (Å²) >= 11 is 1.71. The molecule has 2 bridgehead atoms. The summed E-state index contributed by atoms with van der Waals surface area (Å²) in [6.07, 6.45) is 7.01. The SMILES string of the molecule is COC(=O)N[C@H](C(=O)N1CCC[C@H]1c1ncc(-c2ccc3c(ccc4cc(-c5cnc([C@@H]6[C@H]7CC[C@H](C7)N6C(=O)[C@@H](NC(=O)OC)C(C)C)[nH]5)sc43)c2)[nH]1)C(C)C. The lowest BCUT2D eigenvalue weighted by Gasteiger charge is -2.37. The van der Waals surface area contributed by atoms with Gasteiger partial charge in [0.1, 0.15) is 23.7 Å². The first-order chi connectivity index (χ1) is 27.4. The molecule has 57 heavy (non-hydrogen) atoms. The van der Waals surface area contributed by atoms with Gasteiger partial charge in [-0.25, -0.2) is 19.6 Å². The predicted molar refractivity (Wildman–Crippen MR) is 217 cm³/mol. The van der Waals surface area contributed by atoms with Gasteiger partial charge in [0.25, 0.3) is 0 Å². The second-order valence-corrected chi connectivity index (χ2v) is 17.3. The van der Waals surface area contributed by atoms with Crippen LogP contribution in [0.3, 0.4) is 0 Å². The number of fused-ring (bicyclic) bond motifs is 5. The number of methoxy groups -OCH3 is 2. The van der Waals surface area contributed by atoms with Gasteiger partial charge in [-0.15, -0.1) is 11.3 Å². The number of aromatic nitrogens is 4. The summed E-state index contributed by atoms with van der Waals surface area (Å²) in [4.78, 5) is 73.3. The van der Waals surface area contributed by atoms with E-state index in [-0.39, 0.29) is 41.8 Å². The molecule has 4 amide bonds. The highest BCUT2D eigenvalue weighted by molar-refractivity contribution is 7.23. The number of hydrogen-bond donors (Lipinski definition) is 4. The molecule has 6 atom stereocenters. The summed E-state index contributed by atoms with van der Waals surface area (Å²) in [5.41, 5.74) is 2.76. The minimum atomic E-state index is -0.692. The Morgan fingerprint density at radius 1 is 0.807 bits per heavy atom. The van der Waals surface area contributed by atoms with Crippen LogP contribution in [0.15, 0.2) is 48.8 Å². The van der Waals surface area contributed by atoms with Crippen LogP contribution in [0.1, 0.15) is 83.5 Å². The maximum atomic E-state index is 14.0. The second-order valence-electron chi connectivity index (χ2n) is 16.2. The Morgan fingerprint density at radius 3 is 2.19 bits per heavy atom. The molecule has 3 aliphatic rings. The number of thiophene rings is 1. The van der Waals surface area contributed by atoms with Gasteiger partial charge in [-0.05, 0) is 78.1 Å². The van der Waals surface area contributed by atoms with Crippen LogP contribution in [0.2, 0.25) is 0 Å². The monoisotopic (exact) mass is 794 g/mol. The van der Waals surface area contributed by atoms with E-state index in [1.807, 2.05) is 49.9 Å². The maximum absolute atomic E-state index is 14.0. The van der Waals surface area contributed by atoms with Crippen molar-refractivity contribution in [3.05, 3.63) is 60.4 Å². The van der Waals surface area contributed by atoms with Crippen LogP contribution in [0.4, 0.5) is 9.59 Å². The number of likely N-dealkylation sites (tertiary alicyclic amines) is 2. The fourth-order valence-electron chi connectivity index (χ4n) is 9.10. The second kappa shape index (κ2) is 15.5. The molecule has 0 spiro atoms. The number of carbonyl (C=O) groups excluding carboxylic acids is 4. The number of hydrogen-bond acceptors (Lipinski definition) is 9.